The fraction of sp³-hybridized carbons (Fsp3) is 0.474. The summed E-state index contributed by atoms with van der Waals surface area (Å²) in [5.74, 6) is -0.151. The van der Waals surface area contributed by atoms with Crippen LogP contribution in [0.4, 0.5) is 11.4 Å². The summed E-state index contributed by atoms with van der Waals surface area (Å²) in [5.41, 5.74) is 2.43. The third-order valence-corrected chi connectivity index (χ3v) is 5.46. The van der Waals surface area contributed by atoms with Gasteiger partial charge in [0.05, 0.1) is 5.69 Å². The molecule has 3 rings (SSSR count). The fourth-order valence-electron chi connectivity index (χ4n) is 3.01. The van der Waals surface area contributed by atoms with Gasteiger partial charge in [-0.1, -0.05) is 18.3 Å². The molecule has 0 bridgehead atoms. The number of aryl methyl sites for hydroxylation is 1. The first-order valence-electron chi connectivity index (χ1n) is 9.20. The Labute approximate surface area is 162 Å². The highest BCUT2D eigenvalue weighted by Gasteiger charge is 2.18. The third-order valence-electron chi connectivity index (χ3n) is 4.71. The largest absolute Gasteiger partial charge is 0.451 e. The zero-order valence-corrected chi connectivity index (χ0v) is 16.4. The lowest BCUT2D eigenvalue weighted by Gasteiger charge is -2.32. The van der Waals surface area contributed by atoms with Crippen LogP contribution in [-0.4, -0.2) is 41.2 Å². The monoisotopic (exact) mass is 388 g/mol. The van der Waals surface area contributed by atoms with Crippen LogP contribution in [0.3, 0.4) is 0 Å². The molecule has 0 saturated carbocycles. The Morgan fingerprint density at radius 2 is 1.96 bits per heavy atom. The summed E-state index contributed by atoms with van der Waals surface area (Å²) < 4.78 is 8.81. The first-order valence-corrected chi connectivity index (χ1v) is 9.97. The number of rotatable bonds is 6. The minimum absolute atomic E-state index is 0.342. The number of hydrogen-bond acceptors (Lipinski definition) is 7. The van der Waals surface area contributed by atoms with Crippen LogP contribution in [0.1, 0.15) is 42.1 Å². The maximum atomic E-state index is 12.0. The van der Waals surface area contributed by atoms with Crippen molar-refractivity contribution in [3.8, 4) is 0 Å². The average molecular weight is 388 g/mol. The maximum absolute atomic E-state index is 12.0. The van der Waals surface area contributed by atoms with Crippen LogP contribution in [0.15, 0.2) is 24.3 Å². The molecule has 2 heterocycles. The van der Waals surface area contributed by atoms with Crippen LogP contribution in [0.25, 0.3) is 0 Å². The molecule has 0 radical (unpaired) electrons. The van der Waals surface area contributed by atoms with Gasteiger partial charge in [0, 0.05) is 24.5 Å². The standard InChI is InChI=1S/C19H24N4O3S/c1-3-16-18(27-22-21-16)19(25)26-12-17(24)20-14-4-6-15(7-5-14)23-10-8-13(2)9-11-23/h4-7,13H,3,8-12H2,1-2H3,(H,20,24). The molecule has 2 aromatic rings. The molecule has 0 spiro atoms. The van der Waals surface area contributed by atoms with Crippen LogP contribution in [0, 0.1) is 5.92 Å². The van der Waals surface area contributed by atoms with Crippen LogP contribution in [0.2, 0.25) is 0 Å². The number of carbonyl (C=O) groups is 2. The van der Waals surface area contributed by atoms with Gasteiger partial charge >= 0.3 is 5.97 Å². The Morgan fingerprint density at radius 3 is 2.63 bits per heavy atom. The lowest BCUT2D eigenvalue weighted by atomic mass is 9.99. The van der Waals surface area contributed by atoms with Gasteiger partial charge in [0.25, 0.3) is 5.91 Å². The molecule has 0 unspecified atom stereocenters. The van der Waals surface area contributed by atoms with Gasteiger partial charge in [0.1, 0.15) is 0 Å². The normalized spacial score (nSPS) is 14.8. The number of esters is 1. The topological polar surface area (TPSA) is 84.4 Å². The number of benzene rings is 1. The Bertz CT molecular complexity index is 783. The second kappa shape index (κ2) is 8.94. The van der Waals surface area contributed by atoms with E-state index >= 15 is 0 Å². The molecule has 0 aliphatic carbocycles. The SMILES string of the molecule is CCc1nnsc1C(=O)OCC(=O)Nc1ccc(N2CCC(C)CC2)cc1. The molecule has 1 aromatic carbocycles. The predicted molar refractivity (Wildman–Crippen MR) is 105 cm³/mol. The number of nitrogens with one attached hydrogen (secondary N) is 1. The molecule has 8 heteroatoms. The van der Waals surface area contributed by atoms with Gasteiger partial charge in [-0.15, -0.1) is 5.10 Å². The van der Waals surface area contributed by atoms with Gasteiger partial charge in [0.15, 0.2) is 11.5 Å². The molecule has 1 fully saturated rings. The van der Waals surface area contributed by atoms with E-state index in [1.165, 1.54) is 12.8 Å². The molecular weight excluding hydrogens is 364 g/mol. The number of aromatic nitrogens is 2. The van der Waals surface area contributed by atoms with Gasteiger partial charge in [0.2, 0.25) is 0 Å². The van der Waals surface area contributed by atoms with Gasteiger partial charge in [-0.3, -0.25) is 4.79 Å². The van der Waals surface area contributed by atoms with E-state index in [2.05, 4.69) is 26.7 Å². The highest BCUT2D eigenvalue weighted by molar-refractivity contribution is 7.07. The summed E-state index contributed by atoms with van der Waals surface area (Å²) >= 11 is 0.981. The number of anilines is 2. The van der Waals surface area contributed by atoms with Crippen molar-refractivity contribution in [2.45, 2.75) is 33.1 Å². The van der Waals surface area contributed by atoms with Gasteiger partial charge in [-0.05, 0) is 61.0 Å². The molecule has 0 atom stereocenters. The van der Waals surface area contributed by atoms with Crippen LogP contribution in [0.5, 0.6) is 0 Å². The molecule has 1 N–H and O–H groups in total. The van der Waals surface area contributed by atoms with E-state index in [-0.39, 0.29) is 12.5 Å². The van der Waals surface area contributed by atoms with Gasteiger partial charge in [-0.2, -0.15) is 0 Å². The van der Waals surface area contributed by atoms with Crippen molar-refractivity contribution in [3.05, 3.63) is 34.8 Å². The van der Waals surface area contributed by atoms with Crippen LogP contribution < -0.4 is 10.2 Å². The summed E-state index contributed by atoms with van der Waals surface area (Å²) in [6.07, 6.45) is 3.01. The minimum Gasteiger partial charge on any atom is -0.451 e. The van der Waals surface area contributed by atoms with Gasteiger partial charge < -0.3 is 15.0 Å². The van der Waals surface area contributed by atoms with Crippen molar-refractivity contribution in [1.29, 1.82) is 0 Å². The third kappa shape index (κ3) is 5.03. The molecule has 1 aromatic heterocycles. The highest BCUT2D eigenvalue weighted by atomic mass is 32.1. The Hall–Kier alpha value is -2.48. The van der Waals surface area contributed by atoms with E-state index in [4.69, 9.17) is 4.74 Å². The molecule has 1 saturated heterocycles. The summed E-state index contributed by atoms with van der Waals surface area (Å²) in [6.45, 7) is 5.96. The number of ether oxygens (including phenoxy) is 1. The van der Waals surface area contributed by atoms with Crippen molar-refractivity contribution in [2.24, 2.45) is 5.92 Å². The first kappa shape index (κ1) is 19.3. The van der Waals surface area contributed by atoms with E-state index in [1.807, 2.05) is 31.2 Å². The number of carbonyl (C=O) groups excluding carboxylic acids is 2. The Morgan fingerprint density at radius 1 is 1.26 bits per heavy atom. The van der Waals surface area contributed by atoms with E-state index in [9.17, 15) is 9.59 Å². The fourth-order valence-corrected chi connectivity index (χ4v) is 3.66. The number of piperidine rings is 1. The van der Waals surface area contributed by atoms with Crippen molar-refractivity contribution < 1.29 is 14.3 Å². The predicted octanol–water partition coefficient (Wildman–Crippen LogP) is 3.13. The lowest BCUT2D eigenvalue weighted by Crippen LogP contribution is -2.32. The molecule has 27 heavy (non-hydrogen) atoms. The van der Waals surface area contributed by atoms with E-state index in [0.29, 0.717) is 22.7 Å². The molecule has 144 valence electrons. The van der Waals surface area contributed by atoms with E-state index < -0.39 is 5.97 Å². The summed E-state index contributed by atoms with van der Waals surface area (Å²) in [4.78, 5) is 26.8. The zero-order chi connectivity index (χ0) is 19.2. The number of nitrogens with zero attached hydrogens (tertiary/aromatic N) is 3. The molecule has 1 amide bonds. The smallest absolute Gasteiger partial charge is 0.352 e. The Balaban J connectivity index is 1.48. The van der Waals surface area contributed by atoms with Gasteiger partial charge in [-0.25, -0.2) is 4.79 Å². The average Bonchev–Trinajstić information content (AvgIpc) is 3.16. The van der Waals surface area contributed by atoms with Crippen LogP contribution >= 0.6 is 11.5 Å². The Kier molecular flexibility index (Phi) is 6.39. The van der Waals surface area contributed by atoms with Crippen molar-refractivity contribution >= 4 is 34.8 Å². The first-order chi connectivity index (χ1) is 13.1. The van der Waals surface area contributed by atoms with Crippen LogP contribution in [-0.2, 0) is 16.0 Å². The summed E-state index contributed by atoms with van der Waals surface area (Å²) in [6, 6.07) is 7.76. The second-order valence-electron chi connectivity index (χ2n) is 6.74. The maximum Gasteiger partial charge on any atom is 0.352 e. The van der Waals surface area contributed by atoms with Crippen molar-refractivity contribution in [2.75, 3.05) is 29.9 Å². The minimum atomic E-state index is -0.563. The second-order valence-corrected chi connectivity index (χ2v) is 7.50. The molecule has 1 aliphatic rings. The molecule has 1 aliphatic heterocycles. The number of amides is 1. The zero-order valence-electron chi connectivity index (χ0n) is 15.6. The summed E-state index contributed by atoms with van der Waals surface area (Å²) in [7, 11) is 0. The van der Waals surface area contributed by atoms with Crippen molar-refractivity contribution in [3.63, 3.8) is 0 Å². The van der Waals surface area contributed by atoms with E-state index in [0.717, 1.165) is 36.2 Å². The highest BCUT2D eigenvalue weighted by Crippen LogP contribution is 2.24. The number of hydrogen-bond donors (Lipinski definition) is 1. The van der Waals surface area contributed by atoms with E-state index in [1.54, 1.807) is 0 Å². The molecule has 7 nitrogen and oxygen atoms in total. The molecular formula is C19H24N4O3S. The summed E-state index contributed by atoms with van der Waals surface area (Å²) in [5, 5.41) is 6.61. The lowest BCUT2D eigenvalue weighted by molar-refractivity contribution is -0.119. The van der Waals surface area contributed by atoms with Crippen molar-refractivity contribution in [1.82, 2.24) is 9.59 Å². The quantitative estimate of drug-likeness (QED) is 0.766.